The maximum absolute atomic E-state index is 5.02. The van der Waals surface area contributed by atoms with Gasteiger partial charge in [-0.1, -0.05) is 13.1 Å². The molecule has 0 bridgehead atoms. The van der Waals surface area contributed by atoms with E-state index in [1.165, 1.54) is 0 Å². The Hall–Kier alpha value is 0.137. The van der Waals surface area contributed by atoms with Crippen LogP contribution in [0.4, 0.5) is 0 Å². The van der Waals surface area contributed by atoms with E-state index >= 15 is 0 Å². The molecule has 0 aromatic heterocycles. The second-order valence-electron chi connectivity index (χ2n) is 2.53. The van der Waals surface area contributed by atoms with Gasteiger partial charge in [0.2, 0.25) is 0 Å². The summed E-state index contributed by atoms with van der Waals surface area (Å²) in [7, 11) is 2.86. The van der Waals surface area contributed by atoms with E-state index in [4.69, 9.17) is 9.47 Å². The minimum absolute atomic E-state index is 0.0386. The molecule has 0 fully saturated rings. The summed E-state index contributed by atoms with van der Waals surface area (Å²) in [6.07, 6.45) is 0.0386. The normalized spacial score (nSPS) is 11.3. The van der Waals surface area contributed by atoms with Crippen LogP contribution in [0.15, 0.2) is 0 Å². The summed E-state index contributed by atoms with van der Waals surface area (Å²) >= 11 is 0. The second-order valence-corrected chi connectivity index (χ2v) is 5.79. The molecule has 0 saturated carbocycles. The van der Waals surface area contributed by atoms with Gasteiger partial charge < -0.3 is 9.47 Å². The second kappa shape index (κ2) is 4.96. The van der Waals surface area contributed by atoms with Crippen molar-refractivity contribution in [2.24, 2.45) is 0 Å². The molecule has 0 rings (SSSR count). The zero-order valence-corrected chi connectivity index (χ0v) is 7.83. The Kier molecular flexibility index (Phi) is 5.04. The van der Waals surface area contributed by atoms with Gasteiger partial charge in [0.15, 0.2) is 6.29 Å². The molecule has 3 heteroatoms. The zero-order chi connectivity index (χ0) is 7.28. The summed E-state index contributed by atoms with van der Waals surface area (Å²) in [5, 5.41) is 0. The lowest BCUT2D eigenvalue weighted by Crippen LogP contribution is -2.18. The number of hydrogen-bond acceptors (Lipinski definition) is 2. The fourth-order valence-corrected chi connectivity index (χ4v) is 1.83. The molecule has 0 aliphatic heterocycles. The van der Waals surface area contributed by atoms with Crippen molar-refractivity contribution in [1.29, 1.82) is 0 Å². The van der Waals surface area contributed by atoms with E-state index in [1.807, 2.05) is 0 Å². The molecular formula is C6H16O2Si. The van der Waals surface area contributed by atoms with E-state index in [9.17, 15) is 0 Å². The van der Waals surface area contributed by atoms with Crippen molar-refractivity contribution >= 4 is 8.80 Å². The van der Waals surface area contributed by atoms with E-state index in [0.29, 0.717) is 0 Å². The van der Waals surface area contributed by atoms with Crippen LogP contribution in [0.2, 0.25) is 19.1 Å². The molecule has 2 nitrogen and oxygen atoms in total. The fraction of sp³-hybridized carbons (Fsp3) is 1.00. The van der Waals surface area contributed by atoms with Gasteiger partial charge in [-0.05, 0) is 6.04 Å². The van der Waals surface area contributed by atoms with Crippen LogP contribution in [-0.4, -0.2) is 29.3 Å². The van der Waals surface area contributed by atoms with Gasteiger partial charge in [0.25, 0.3) is 0 Å². The Balaban J connectivity index is 3.31. The van der Waals surface area contributed by atoms with Crippen molar-refractivity contribution < 1.29 is 9.47 Å². The first-order valence-electron chi connectivity index (χ1n) is 3.26. The van der Waals surface area contributed by atoms with Crippen molar-refractivity contribution in [2.75, 3.05) is 14.2 Å². The standard InChI is InChI=1S/C6H16O2Si/c1-7-6(8-2)5-9(3)4/h6,9H,5H2,1-4H3. The highest BCUT2D eigenvalue weighted by Gasteiger charge is 2.07. The van der Waals surface area contributed by atoms with Crippen LogP contribution in [0, 0.1) is 0 Å². The minimum Gasteiger partial charge on any atom is -0.356 e. The molecule has 0 unspecified atom stereocenters. The van der Waals surface area contributed by atoms with Crippen LogP contribution in [0.1, 0.15) is 0 Å². The van der Waals surface area contributed by atoms with Crippen molar-refractivity contribution in [3.05, 3.63) is 0 Å². The summed E-state index contributed by atoms with van der Waals surface area (Å²) in [6, 6.07) is 1.10. The average Bonchev–Trinajstić information content (AvgIpc) is 1.82. The SMILES string of the molecule is COC(C[SiH](C)C)OC. The maximum Gasteiger partial charge on any atom is 0.154 e. The first-order chi connectivity index (χ1) is 4.20. The van der Waals surface area contributed by atoms with Crippen LogP contribution < -0.4 is 0 Å². The van der Waals surface area contributed by atoms with E-state index < -0.39 is 8.80 Å². The molecule has 0 radical (unpaired) electrons. The van der Waals surface area contributed by atoms with Gasteiger partial charge in [-0.15, -0.1) is 0 Å². The Morgan fingerprint density at radius 2 is 1.67 bits per heavy atom. The lowest BCUT2D eigenvalue weighted by atomic mass is 10.7. The molecule has 0 aliphatic carbocycles. The molecule has 9 heavy (non-hydrogen) atoms. The summed E-state index contributed by atoms with van der Waals surface area (Å²) < 4.78 is 10.0. The topological polar surface area (TPSA) is 18.5 Å². The predicted molar refractivity (Wildman–Crippen MR) is 41.5 cm³/mol. The average molecular weight is 148 g/mol. The van der Waals surface area contributed by atoms with Gasteiger partial charge in [-0.25, -0.2) is 0 Å². The molecule has 0 aromatic rings. The highest BCUT2D eigenvalue weighted by atomic mass is 28.3. The van der Waals surface area contributed by atoms with Gasteiger partial charge in [0.1, 0.15) is 0 Å². The molecule has 56 valence electrons. The first-order valence-corrected chi connectivity index (χ1v) is 6.38. The maximum atomic E-state index is 5.02. The molecular weight excluding hydrogens is 132 g/mol. The Labute approximate surface area is 58.8 Å². The molecule has 0 saturated heterocycles. The molecule has 0 atom stereocenters. The third-order valence-electron chi connectivity index (χ3n) is 1.19. The number of methoxy groups -OCH3 is 2. The van der Waals surface area contributed by atoms with E-state index in [1.54, 1.807) is 14.2 Å². The summed E-state index contributed by atoms with van der Waals surface area (Å²) in [4.78, 5) is 0. The monoisotopic (exact) mass is 148 g/mol. The highest BCUT2D eigenvalue weighted by Crippen LogP contribution is 2.02. The molecule has 0 amide bonds. The predicted octanol–water partition coefficient (Wildman–Crippen LogP) is 1.09. The fourth-order valence-electron chi connectivity index (χ4n) is 0.674. The summed E-state index contributed by atoms with van der Waals surface area (Å²) in [5.74, 6) is 0. The number of hydrogen-bond donors (Lipinski definition) is 0. The van der Waals surface area contributed by atoms with Crippen LogP contribution in [0.5, 0.6) is 0 Å². The Morgan fingerprint density at radius 1 is 1.22 bits per heavy atom. The smallest absolute Gasteiger partial charge is 0.154 e. The van der Waals surface area contributed by atoms with Gasteiger partial charge in [-0.3, -0.25) is 0 Å². The Bertz CT molecular complexity index is 62.1. The van der Waals surface area contributed by atoms with Crippen LogP contribution >= 0.6 is 0 Å². The molecule has 0 heterocycles. The van der Waals surface area contributed by atoms with E-state index in [2.05, 4.69) is 13.1 Å². The highest BCUT2D eigenvalue weighted by molar-refractivity contribution is 6.55. The van der Waals surface area contributed by atoms with Gasteiger partial charge in [0.05, 0.1) is 0 Å². The quantitative estimate of drug-likeness (QED) is 0.439. The van der Waals surface area contributed by atoms with Gasteiger partial charge in [0, 0.05) is 23.0 Å². The lowest BCUT2D eigenvalue weighted by Gasteiger charge is -2.13. The number of rotatable bonds is 4. The molecule has 0 aliphatic rings. The van der Waals surface area contributed by atoms with E-state index in [0.717, 1.165) is 6.04 Å². The van der Waals surface area contributed by atoms with Gasteiger partial charge in [-0.2, -0.15) is 0 Å². The van der Waals surface area contributed by atoms with E-state index in [-0.39, 0.29) is 6.29 Å². The summed E-state index contributed by atoms with van der Waals surface area (Å²) in [6.45, 7) is 4.57. The van der Waals surface area contributed by atoms with Crippen molar-refractivity contribution in [1.82, 2.24) is 0 Å². The minimum atomic E-state index is -0.514. The Morgan fingerprint density at radius 3 is 1.78 bits per heavy atom. The lowest BCUT2D eigenvalue weighted by molar-refractivity contribution is -0.0879. The van der Waals surface area contributed by atoms with Crippen LogP contribution in [0.3, 0.4) is 0 Å². The third-order valence-corrected chi connectivity index (χ3v) is 2.52. The van der Waals surface area contributed by atoms with Crippen molar-refractivity contribution in [3.63, 3.8) is 0 Å². The van der Waals surface area contributed by atoms with Gasteiger partial charge >= 0.3 is 0 Å². The first kappa shape index (κ1) is 9.14. The number of ether oxygens (including phenoxy) is 2. The van der Waals surface area contributed by atoms with Crippen molar-refractivity contribution in [3.8, 4) is 0 Å². The van der Waals surface area contributed by atoms with Crippen LogP contribution in [0.25, 0.3) is 0 Å². The molecule has 0 N–H and O–H groups in total. The largest absolute Gasteiger partial charge is 0.356 e. The third kappa shape index (κ3) is 4.63. The molecule has 0 aromatic carbocycles. The van der Waals surface area contributed by atoms with Crippen molar-refractivity contribution in [2.45, 2.75) is 25.4 Å². The molecule has 0 spiro atoms. The van der Waals surface area contributed by atoms with Crippen LogP contribution in [-0.2, 0) is 9.47 Å². The summed E-state index contributed by atoms with van der Waals surface area (Å²) in [5.41, 5.74) is 0. The zero-order valence-electron chi connectivity index (χ0n) is 6.68.